The number of carbonyl (C=O) groups excluding carboxylic acids is 1. The van der Waals surface area contributed by atoms with E-state index in [0.29, 0.717) is 37.3 Å². The summed E-state index contributed by atoms with van der Waals surface area (Å²) in [6, 6.07) is 7.84. The second-order valence-corrected chi connectivity index (χ2v) is 8.95. The average molecular weight is 484 g/mol. The summed E-state index contributed by atoms with van der Waals surface area (Å²) >= 11 is 0. The number of aromatic nitrogens is 2. The van der Waals surface area contributed by atoms with Gasteiger partial charge in [0.25, 0.3) is 0 Å². The lowest BCUT2D eigenvalue weighted by molar-refractivity contribution is -0.134. The zero-order valence-corrected chi connectivity index (χ0v) is 19.6. The number of aryl methyl sites for hydroxylation is 1. The Bertz CT molecular complexity index is 1260. The number of hydrogen-bond donors (Lipinski definition) is 1. The summed E-state index contributed by atoms with van der Waals surface area (Å²) < 4.78 is 38.7. The largest absolute Gasteiger partial charge is 0.493 e. The van der Waals surface area contributed by atoms with Gasteiger partial charge < -0.3 is 25.0 Å². The molecule has 8 nitrogen and oxygen atoms in total. The molecule has 0 radical (unpaired) electrons. The minimum absolute atomic E-state index is 0.0187. The van der Waals surface area contributed by atoms with E-state index in [4.69, 9.17) is 15.2 Å². The predicted molar refractivity (Wildman–Crippen MR) is 128 cm³/mol. The summed E-state index contributed by atoms with van der Waals surface area (Å²) in [4.78, 5) is 25.9. The van der Waals surface area contributed by atoms with Crippen molar-refractivity contribution in [1.82, 2.24) is 14.9 Å². The van der Waals surface area contributed by atoms with Gasteiger partial charge >= 0.3 is 0 Å². The molecule has 2 aromatic carbocycles. The summed E-state index contributed by atoms with van der Waals surface area (Å²) in [7, 11) is 2.78. The van der Waals surface area contributed by atoms with Crippen LogP contribution in [-0.4, -0.2) is 60.2 Å². The Morgan fingerprint density at radius 3 is 2.40 bits per heavy atom. The van der Waals surface area contributed by atoms with Crippen molar-refractivity contribution in [3.8, 4) is 11.5 Å². The summed E-state index contributed by atoms with van der Waals surface area (Å²) in [6.07, 6.45) is 2.69. The molecule has 184 valence electrons. The van der Waals surface area contributed by atoms with Crippen LogP contribution in [0.4, 0.5) is 20.5 Å². The molecule has 0 aliphatic carbocycles. The van der Waals surface area contributed by atoms with E-state index in [-0.39, 0.29) is 46.6 Å². The van der Waals surface area contributed by atoms with Gasteiger partial charge in [-0.15, -0.1) is 0 Å². The molecule has 35 heavy (non-hydrogen) atoms. The summed E-state index contributed by atoms with van der Waals surface area (Å²) in [5.74, 6) is -0.209. The molecule has 2 aliphatic heterocycles. The third-order valence-electron chi connectivity index (χ3n) is 6.89. The van der Waals surface area contributed by atoms with E-state index in [1.165, 1.54) is 26.4 Å². The number of benzene rings is 2. The quantitative estimate of drug-likeness (QED) is 0.575. The molecule has 0 spiro atoms. The van der Waals surface area contributed by atoms with E-state index in [1.807, 2.05) is 9.80 Å². The number of halogens is 2. The molecule has 5 rings (SSSR count). The lowest BCUT2D eigenvalue weighted by Gasteiger charge is -2.41. The van der Waals surface area contributed by atoms with E-state index in [0.717, 1.165) is 18.4 Å². The van der Waals surface area contributed by atoms with Crippen LogP contribution in [0.2, 0.25) is 0 Å². The SMILES string of the molecule is COc1cc2c(N)nc(N3CC4CCC(C3)N4C(=O)CCc3ccc(F)cc3)nc2c(F)c1OC. The lowest BCUT2D eigenvalue weighted by atomic mass is 10.1. The summed E-state index contributed by atoms with van der Waals surface area (Å²) in [5, 5.41) is 0.349. The summed E-state index contributed by atoms with van der Waals surface area (Å²) in [5.41, 5.74) is 7.18. The van der Waals surface area contributed by atoms with Crippen molar-refractivity contribution in [3.63, 3.8) is 0 Å². The van der Waals surface area contributed by atoms with Crippen LogP contribution in [0.15, 0.2) is 30.3 Å². The number of nitrogens with two attached hydrogens (primary N) is 1. The van der Waals surface area contributed by atoms with Gasteiger partial charge in [0.1, 0.15) is 17.2 Å². The normalized spacial score (nSPS) is 19.3. The highest BCUT2D eigenvalue weighted by atomic mass is 19.1. The zero-order valence-electron chi connectivity index (χ0n) is 19.6. The monoisotopic (exact) mass is 483 g/mol. The maximum Gasteiger partial charge on any atom is 0.228 e. The third-order valence-corrected chi connectivity index (χ3v) is 6.89. The van der Waals surface area contributed by atoms with Crippen molar-refractivity contribution in [3.05, 3.63) is 47.5 Å². The van der Waals surface area contributed by atoms with Gasteiger partial charge in [-0.25, -0.2) is 13.8 Å². The molecule has 1 aromatic heterocycles. The van der Waals surface area contributed by atoms with Gasteiger partial charge in [-0.1, -0.05) is 12.1 Å². The van der Waals surface area contributed by atoms with E-state index in [1.54, 1.807) is 18.2 Å². The van der Waals surface area contributed by atoms with Crippen LogP contribution in [-0.2, 0) is 11.2 Å². The molecule has 2 bridgehead atoms. The maximum atomic E-state index is 15.2. The van der Waals surface area contributed by atoms with Crippen molar-refractivity contribution in [1.29, 1.82) is 0 Å². The first-order valence-corrected chi connectivity index (χ1v) is 11.6. The first kappa shape index (κ1) is 23.1. The number of nitrogen functional groups attached to an aromatic ring is 1. The number of hydrogen-bond acceptors (Lipinski definition) is 7. The smallest absolute Gasteiger partial charge is 0.228 e. The minimum Gasteiger partial charge on any atom is -0.493 e. The fraction of sp³-hybridized carbons (Fsp3) is 0.400. The molecule has 2 unspecified atom stereocenters. The van der Waals surface area contributed by atoms with Crippen LogP contribution in [0, 0.1) is 11.6 Å². The number of amides is 1. The van der Waals surface area contributed by atoms with Gasteiger partial charge in [0, 0.05) is 37.0 Å². The molecule has 10 heteroatoms. The van der Waals surface area contributed by atoms with Crippen LogP contribution >= 0.6 is 0 Å². The van der Waals surface area contributed by atoms with E-state index in [2.05, 4.69) is 9.97 Å². The Labute approximate surface area is 201 Å². The Morgan fingerprint density at radius 1 is 1.09 bits per heavy atom. The summed E-state index contributed by atoms with van der Waals surface area (Å²) in [6.45, 7) is 1.08. The minimum atomic E-state index is -0.658. The standard InChI is InChI=1S/C25H27F2N5O3/c1-34-19-11-18-22(21(27)23(19)35-2)29-25(30-24(18)28)31-12-16-8-9-17(13-31)32(16)20(33)10-5-14-3-6-15(26)7-4-14/h3-4,6-7,11,16-17H,5,8-10,12-13H2,1-2H3,(H2,28,29,30). The van der Waals surface area contributed by atoms with Crippen LogP contribution in [0.3, 0.4) is 0 Å². The molecule has 1 amide bonds. The molecule has 2 fully saturated rings. The number of piperazine rings is 1. The number of rotatable bonds is 6. The number of carbonyl (C=O) groups is 1. The van der Waals surface area contributed by atoms with Gasteiger partial charge in [-0.3, -0.25) is 4.79 Å². The Kier molecular flexibility index (Phi) is 6.04. The van der Waals surface area contributed by atoms with Crippen LogP contribution < -0.4 is 20.1 Å². The molecule has 2 saturated heterocycles. The number of methoxy groups -OCH3 is 2. The highest BCUT2D eigenvalue weighted by Crippen LogP contribution is 2.38. The third kappa shape index (κ3) is 4.17. The number of fused-ring (bicyclic) bond motifs is 3. The number of nitrogens with zero attached hydrogens (tertiary/aromatic N) is 4. The Morgan fingerprint density at radius 2 is 1.77 bits per heavy atom. The fourth-order valence-corrected chi connectivity index (χ4v) is 5.18. The second-order valence-electron chi connectivity index (χ2n) is 8.95. The molecule has 2 N–H and O–H groups in total. The molecule has 3 heterocycles. The highest BCUT2D eigenvalue weighted by Gasteiger charge is 2.43. The highest BCUT2D eigenvalue weighted by molar-refractivity contribution is 5.92. The topological polar surface area (TPSA) is 93.8 Å². The van der Waals surface area contributed by atoms with Crippen LogP contribution in [0.5, 0.6) is 11.5 Å². The molecular formula is C25H27F2N5O3. The molecule has 2 atom stereocenters. The van der Waals surface area contributed by atoms with E-state index in [9.17, 15) is 9.18 Å². The van der Waals surface area contributed by atoms with Gasteiger partial charge in [0.2, 0.25) is 11.9 Å². The lowest BCUT2D eigenvalue weighted by Crippen LogP contribution is -2.56. The van der Waals surface area contributed by atoms with Crippen molar-refractivity contribution < 1.29 is 23.0 Å². The molecular weight excluding hydrogens is 456 g/mol. The zero-order chi connectivity index (χ0) is 24.7. The fourth-order valence-electron chi connectivity index (χ4n) is 5.18. The van der Waals surface area contributed by atoms with Gasteiger partial charge in [-0.05, 0) is 43.0 Å². The molecule has 2 aliphatic rings. The van der Waals surface area contributed by atoms with Crippen molar-refractivity contribution in [2.45, 2.75) is 37.8 Å². The van der Waals surface area contributed by atoms with Gasteiger partial charge in [0.05, 0.1) is 14.2 Å². The first-order chi connectivity index (χ1) is 16.9. The van der Waals surface area contributed by atoms with Crippen molar-refractivity contribution in [2.24, 2.45) is 0 Å². The Balaban J connectivity index is 1.35. The van der Waals surface area contributed by atoms with Gasteiger partial charge in [0.15, 0.2) is 17.3 Å². The maximum absolute atomic E-state index is 15.2. The average Bonchev–Trinajstić information content (AvgIpc) is 3.12. The number of anilines is 2. The van der Waals surface area contributed by atoms with Crippen molar-refractivity contribution in [2.75, 3.05) is 37.9 Å². The van der Waals surface area contributed by atoms with E-state index < -0.39 is 5.82 Å². The van der Waals surface area contributed by atoms with E-state index >= 15 is 4.39 Å². The van der Waals surface area contributed by atoms with Crippen molar-refractivity contribution >= 4 is 28.6 Å². The first-order valence-electron chi connectivity index (χ1n) is 11.6. The second kappa shape index (κ2) is 9.16. The van der Waals surface area contributed by atoms with Crippen LogP contribution in [0.25, 0.3) is 10.9 Å². The molecule has 0 saturated carbocycles. The predicted octanol–water partition coefficient (Wildman–Crippen LogP) is 3.32. The van der Waals surface area contributed by atoms with Gasteiger partial charge in [-0.2, -0.15) is 4.98 Å². The molecule has 3 aromatic rings. The number of ether oxygens (including phenoxy) is 2. The van der Waals surface area contributed by atoms with Crippen LogP contribution in [0.1, 0.15) is 24.8 Å². The Hall–Kier alpha value is -3.69.